The predicted molar refractivity (Wildman–Crippen MR) is 114 cm³/mol. The largest absolute Gasteiger partial charge is 0.390 e. The van der Waals surface area contributed by atoms with E-state index in [-0.39, 0.29) is 30.7 Å². The van der Waals surface area contributed by atoms with Gasteiger partial charge in [-0.05, 0) is 24.8 Å². The molecule has 2 amide bonds. The molecule has 7 nitrogen and oxygen atoms in total. The molecule has 0 atom stereocenters. The summed E-state index contributed by atoms with van der Waals surface area (Å²) in [6.07, 6.45) is 2.44. The summed E-state index contributed by atoms with van der Waals surface area (Å²) < 4.78 is 1.66. The van der Waals surface area contributed by atoms with Crippen LogP contribution in [0.3, 0.4) is 0 Å². The lowest BCUT2D eigenvalue weighted by atomic mass is 10.1. The standard InChI is InChI=1S/C21H30N4O3S/c1-15(2)8-9-22-19(27)12-25-18(13-26)11-24-21(25)29-14-20(28)23-10-17-6-4-16(3)5-7-17/h4-7,11,15,26H,8-10,12-14H2,1-3H3,(H,22,27)(H,23,28). The number of imidazole rings is 1. The highest BCUT2D eigenvalue weighted by atomic mass is 32.2. The van der Waals surface area contributed by atoms with Crippen LogP contribution in [0.15, 0.2) is 35.6 Å². The van der Waals surface area contributed by atoms with Crippen molar-refractivity contribution in [3.63, 3.8) is 0 Å². The number of aliphatic hydroxyl groups is 1. The summed E-state index contributed by atoms with van der Waals surface area (Å²) in [5, 5.41) is 15.8. The summed E-state index contributed by atoms with van der Waals surface area (Å²) in [7, 11) is 0. The van der Waals surface area contributed by atoms with Crippen molar-refractivity contribution in [2.45, 2.75) is 52.0 Å². The maximum Gasteiger partial charge on any atom is 0.240 e. The molecular weight excluding hydrogens is 388 g/mol. The average Bonchev–Trinajstić information content (AvgIpc) is 3.07. The number of amides is 2. The van der Waals surface area contributed by atoms with Gasteiger partial charge in [-0.15, -0.1) is 0 Å². The average molecular weight is 419 g/mol. The van der Waals surface area contributed by atoms with Crippen LogP contribution in [0, 0.1) is 12.8 Å². The van der Waals surface area contributed by atoms with Gasteiger partial charge in [0.05, 0.1) is 24.3 Å². The van der Waals surface area contributed by atoms with Crippen LogP contribution in [0.1, 0.15) is 37.1 Å². The fraction of sp³-hybridized carbons (Fsp3) is 0.476. The second-order valence-corrected chi connectivity index (χ2v) is 8.30. The Morgan fingerprint density at radius 3 is 2.55 bits per heavy atom. The monoisotopic (exact) mass is 418 g/mol. The molecule has 3 N–H and O–H groups in total. The Morgan fingerprint density at radius 1 is 1.17 bits per heavy atom. The number of thioether (sulfide) groups is 1. The lowest BCUT2D eigenvalue weighted by Crippen LogP contribution is -2.30. The molecule has 0 fully saturated rings. The first-order valence-electron chi connectivity index (χ1n) is 9.76. The molecule has 1 aromatic heterocycles. The molecular formula is C21H30N4O3S. The first-order chi connectivity index (χ1) is 13.9. The fourth-order valence-corrected chi connectivity index (χ4v) is 3.42. The number of aryl methyl sites for hydroxylation is 1. The Kier molecular flexibility index (Phi) is 9.21. The van der Waals surface area contributed by atoms with Crippen LogP contribution in [0.25, 0.3) is 0 Å². The zero-order valence-corrected chi connectivity index (χ0v) is 18.1. The number of rotatable bonds is 11. The SMILES string of the molecule is Cc1ccc(CNC(=O)CSc2ncc(CO)n2CC(=O)NCCC(C)C)cc1. The minimum absolute atomic E-state index is 0.0707. The summed E-state index contributed by atoms with van der Waals surface area (Å²) in [6, 6.07) is 7.99. The number of aliphatic hydroxyl groups excluding tert-OH is 1. The number of carbonyl (C=O) groups excluding carboxylic acids is 2. The molecule has 158 valence electrons. The predicted octanol–water partition coefficient (Wildman–Crippen LogP) is 2.25. The van der Waals surface area contributed by atoms with Crippen LogP contribution >= 0.6 is 11.8 Å². The van der Waals surface area contributed by atoms with Crippen molar-refractivity contribution in [3.8, 4) is 0 Å². The van der Waals surface area contributed by atoms with Gasteiger partial charge in [-0.25, -0.2) is 4.98 Å². The number of nitrogens with one attached hydrogen (secondary N) is 2. The molecule has 8 heteroatoms. The van der Waals surface area contributed by atoms with Crippen molar-refractivity contribution in [3.05, 3.63) is 47.3 Å². The Hall–Kier alpha value is -2.32. The third-order valence-corrected chi connectivity index (χ3v) is 5.34. The van der Waals surface area contributed by atoms with Crippen molar-refractivity contribution < 1.29 is 14.7 Å². The van der Waals surface area contributed by atoms with Gasteiger partial charge in [0.25, 0.3) is 0 Å². The van der Waals surface area contributed by atoms with Crippen LogP contribution in [0.5, 0.6) is 0 Å². The Labute approximate surface area is 176 Å². The van der Waals surface area contributed by atoms with Gasteiger partial charge in [0.15, 0.2) is 5.16 Å². The highest BCUT2D eigenvalue weighted by Crippen LogP contribution is 2.18. The van der Waals surface area contributed by atoms with E-state index in [1.165, 1.54) is 23.5 Å². The molecule has 0 aliphatic carbocycles. The third-order valence-electron chi connectivity index (χ3n) is 4.35. The number of hydrogen-bond donors (Lipinski definition) is 3. The van der Waals surface area contributed by atoms with Gasteiger partial charge in [-0.3, -0.25) is 9.59 Å². The van der Waals surface area contributed by atoms with E-state index in [1.54, 1.807) is 4.57 Å². The third kappa shape index (κ3) is 7.91. The molecule has 0 bridgehead atoms. The smallest absolute Gasteiger partial charge is 0.240 e. The van der Waals surface area contributed by atoms with Gasteiger partial charge in [0.1, 0.15) is 6.54 Å². The fourth-order valence-electron chi connectivity index (χ4n) is 2.59. The van der Waals surface area contributed by atoms with Gasteiger partial charge in [-0.1, -0.05) is 55.4 Å². The number of benzene rings is 1. The van der Waals surface area contributed by atoms with E-state index >= 15 is 0 Å². The van der Waals surface area contributed by atoms with Gasteiger partial charge >= 0.3 is 0 Å². The molecule has 0 spiro atoms. The van der Waals surface area contributed by atoms with Crippen LogP contribution in [0.4, 0.5) is 0 Å². The van der Waals surface area contributed by atoms with Crippen molar-refractivity contribution >= 4 is 23.6 Å². The van der Waals surface area contributed by atoms with Gasteiger partial charge in [-0.2, -0.15) is 0 Å². The summed E-state index contributed by atoms with van der Waals surface area (Å²) >= 11 is 1.25. The zero-order valence-electron chi connectivity index (χ0n) is 17.3. The molecule has 1 heterocycles. The first-order valence-corrected chi connectivity index (χ1v) is 10.7. The molecule has 0 saturated heterocycles. The van der Waals surface area contributed by atoms with E-state index < -0.39 is 0 Å². The first kappa shape index (κ1) is 23.0. The van der Waals surface area contributed by atoms with Crippen molar-refractivity contribution in [2.75, 3.05) is 12.3 Å². The highest BCUT2D eigenvalue weighted by molar-refractivity contribution is 7.99. The van der Waals surface area contributed by atoms with E-state index in [9.17, 15) is 14.7 Å². The van der Waals surface area contributed by atoms with Crippen LogP contribution in [-0.4, -0.2) is 38.8 Å². The minimum Gasteiger partial charge on any atom is -0.390 e. The molecule has 29 heavy (non-hydrogen) atoms. The molecule has 0 radical (unpaired) electrons. The van der Waals surface area contributed by atoms with Gasteiger partial charge < -0.3 is 20.3 Å². The van der Waals surface area contributed by atoms with Gasteiger partial charge in [0, 0.05) is 13.1 Å². The number of carbonyl (C=O) groups is 2. The second kappa shape index (κ2) is 11.6. The lowest BCUT2D eigenvalue weighted by Gasteiger charge is -2.12. The van der Waals surface area contributed by atoms with Crippen molar-refractivity contribution in [1.29, 1.82) is 0 Å². The summed E-state index contributed by atoms with van der Waals surface area (Å²) in [5.74, 6) is 0.449. The van der Waals surface area contributed by atoms with E-state index in [0.717, 1.165) is 12.0 Å². The van der Waals surface area contributed by atoms with Crippen LogP contribution in [-0.2, 0) is 29.3 Å². The quantitative estimate of drug-likeness (QED) is 0.487. The van der Waals surface area contributed by atoms with Crippen molar-refractivity contribution in [2.24, 2.45) is 5.92 Å². The topological polar surface area (TPSA) is 96.2 Å². The van der Waals surface area contributed by atoms with E-state index in [4.69, 9.17) is 0 Å². The number of aromatic nitrogens is 2. The van der Waals surface area contributed by atoms with Gasteiger partial charge in [0.2, 0.25) is 11.8 Å². The maximum atomic E-state index is 12.2. The van der Waals surface area contributed by atoms with E-state index in [0.29, 0.717) is 29.9 Å². The van der Waals surface area contributed by atoms with Crippen LogP contribution in [0.2, 0.25) is 0 Å². The maximum absolute atomic E-state index is 12.2. The Balaban J connectivity index is 1.86. The molecule has 0 unspecified atom stereocenters. The molecule has 1 aromatic carbocycles. The second-order valence-electron chi connectivity index (χ2n) is 7.36. The van der Waals surface area contributed by atoms with E-state index in [1.807, 2.05) is 31.2 Å². The highest BCUT2D eigenvalue weighted by Gasteiger charge is 2.15. The Morgan fingerprint density at radius 2 is 1.90 bits per heavy atom. The molecule has 0 aliphatic heterocycles. The Bertz CT molecular complexity index is 803. The molecule has 0 aliphatic rings. The normalized spacial score (nSPS) is 10.9. The molecule has 2 rings (SSSR count). The summed E-state index contributed by atoms with van der Waals surface area (Å²) in [5.41, 5.74) is 2.76. The molecule has 0 saturated carbocycles. The molecule has 2 aromatic rings. The van der Waals surface area contributed by atoms with Crippen molar-refractivity contribution in [1.82, 2.24) is 20.2 Å². The number of nitrogens with zero attached hydrogens (tertiary/aromatic N) is 2. The van der Waals surface area contributed by atoms with E-state index in [2.05, 4.69) is 29.5 Å². The lowest BCUT2D eigenvalue weighted by molar-refractivity contribution is -0.122. The minimum atomic E-state index is -0.216. The zero-order chi connectivity index (χ0) is 21.2. The summed E-state index contributed by atoms with van der Waals surface area (Å²) in [4.78, 5) is 28.6. The number of hydrogen-bond acceptors (Lipinski definition) is 5. The van der Waals surface area contributed by atoms with Crippen LogP contribution < -0.4 is 10.6 Å². The summed E-state index contributed by atoms with van der Waals surface area (Å²) in [6.45, 7) is 7.16.